The molecule has 1 atom stereocenters. The summed E-state index contributed by atoms with van der Waals surface area (Å²) in [6, 6.07) is 25.4. The van der Waals surface area contributed by atoms with Crippen LogP contribution in [0.2, 0.25) is 0 Å². The van der Waals surface area contributed by atoms with Crippen molar-refractivity contribution in [3.63, 3.8) is 0 Å². The van der Waals surface area contributed by atoms with Crippen molar-refractivity contribution in [3.8, 4) is 6.07 Å². The number of pyridine rings is 1. The van der Waals surface area contributed by atoms with Crippen LogP contribution in [-0.2, 0) is 44.5 Å². The second-order valence-corrected chi connectivity index (χ2v) is 17.8. The van der Waals surface area contributed by atoms with Gasteiger partial charge < -0.3 is 44.7 Å². The summed E-state index contributed by atoms with van der Waals surface area (Å²) in [5.74, 6) is -2.61. The quantitative estimate of drug-likeness (QED) is 0.0481. The molecule has 3 aliphatic heterocycles. The third-order valence-corrected chi connectivity index (χ3v) is 13.0. The molecule has 7 amide bonds. The number of nitrogens with zero attached hydrogens (tertiary/aromatic N) is 5. The summed E-state index contributed by atoms with van der Waals surface area (Å²) in [5.41, 5.74) is 4.93. The van der Waals surface area contributed by atoms with E-state index in [9.17, 15) is 38.8 Å². The molecule has 20 heteroatoms. The molecule has 3 aliphatic rings. The largest absolute Gasteiger partial charge is 0.384 e. The number of hydrogen-bond donors (Lipinski definition) is 4. The molecule has 4 aromatic carbocycles. The molecule has 74 heavy (non-hydrogen) atoms. The van der Waals surface area contributed by atoms with Gasteiger partial charge in [0.2, 0.25) is 23.6 Å². The Bertz CT molecular complexity index is 2930. The smallest absolute Gasteiger partial charge is 0.264 e. The standard InChI is InChI=1S/C54H59N9O11/c55-35-37-5-9-43-42(33-37)44(13-17-57-43)56-16-12-36-4-6-39-34-40(8-7-38(39)32-36)52(68)62-22-20-61(21-23-62)49(66)14-18-59-47(64)15-24-71-26-28-73-30-31-74-29-27-72-25-19-58-45-3-1-2-41-50(45)54(70)63(53(41)69)46-10-11-48(65)60-51(46)67/h1-9,13,17,32-34,46,58H,10-12,14-16,18-31H2,(H,56,57)(H,59,64)(H,60,65,67). The van der Waals surface area contributed by atoms with Crippen LogP contribution in [0.15, 0.2) is 85.1 Å². The van der Waals surface area contributed by atoms with Gasteiger partial charge in [-0.2, -0.15) is 5.26 Å². The van der Waals surface area contributed by atoms with E-state index in [0.29, 0.717) is 102 Å². The second-order valence-electron chi connectivity index (χ2n) is 17.8. The first-order valence-electron chi connectivity index (χ1n) is 24.9. The summed E-state index contributed by atoms with van der Waals surface area (Å²) < 4.78 is 22.2. The van der Waals surface area contributed by atoms with E-state index < -0.39 is 29.7 Å². The van der Waals surface area contributed by atoms with Gasteiger partial charge in [0.25, 0.3) is 17.7 Å². The van der Waals surface area contributed by atoms with E-state index in [4.69, 9.17) is 18.9 Å². The lowest BCUT2D eigenvalue weighted by molar-refractivity contribution is -0.136. The number of carbonyl (C=O) groups excluding carboxylic acids is 7. The van der Waals surface area contributed by atoms with Crippen LogP contribution in [0.1, 0.15) is 67.9 Å². The number of rotatable bonds is 25. The van der Waals surface area contributed by atoms with Crippen LogP contribution < -0.4 is 21.3 Å². The fourth-order valence-electron chi connectivity index (χ4n) is 9.04. The van der Waals surface area contributed by atoms with E-state index in [1.165, 1.54) is 6.07 Å². The van der Waals surface area contributed by atoms with Crippen molar-refractivity contribution in [2.24, 2.45) is 0 Å². The Hall–Kier alpha value is -7.83. The lowest BCUT2D eigenvalue weighted by Gasteiger charge is -2.35. The number of amides is 7. The molecule has 5 aromatic rings. The first-order chi connectivity index (χ1) is 36.1. The van der Waals surface area contributed by atoms with E-state index in [-0.39, 0.29) is 67.7 Å². The van der Waals surface area contributed by atoms with Crippen LogP contribution in [0, 0.1) is 11.3 Å². The van der Waals surface area contributed by atoms with Gasteiger partial charge in [-0.3, -0.25) is 48.8 Å². The molecule has 2 fully saturated rings. The molecule has 20 nitrogen and oxygen atoms in total. The SMILES string of the molecule is N#Cc1ccc2nccc(NCCc3ccc4cc(C(=O)N5CCN(C(=O)CCNC(=O)CCOCCOCCOCCOCCNc6cccc7c6C(=O)N(C6CCC(=O)NC6=O)C7=O)CC5)ccc4c3)c2c1. The van der Waals surface area contributed by atoms with Gasteiger partial charge in [-0.1, -0.05) is 30.3 Å². The number of nitriles is 1. The number of anilines is 2. The summed E-state index contributed by atoms with van der Waals surface area (Å²) in [6.45, 7) is 5.42. The number of carbonyl (C=O) groups is 7. The fraction of sp³-hybridized carbons (Fsp3) is 0.389. The predicted octanol–water partition coefficient (Wildman–Crippen LogP) is 3.67. The monoisotopic (exact) mass is 1010 g/mol. The Kier molecular flexibility index (Phi) is 18.2. The maximum absolute atomic E-state index is 13.5. The van der Waals surface area contributed by atoms with Gasteiger partial charge in [0, 0.05) is 93.6 Å². The molecule has 4 heterocycles. The van der Waals surface area contributed by atoms with Crippen LogP contribution in [0.3, 0.4) is 0 Å². The average molecular weight is 1010 g/mol. The normalized spacial score (nSPS) is 15.6. The molecule has 1 unspecified atom stereocenters. The number of imide groups is 2. The minimum absolute atomic E-state index is 0.0477. The molecule has 8 rings (SSSR count). The van der Waals surface area contributed by atoms with Crippen molar-refractivity contribution in [2.75, 3.05) is 109 Å². The van der Waals surface area contributed by atoms with Gasteiger partial charge in [-0.25, -0.2) is 0 Å². The van der Waals surface area contributed by atoms with Gasteiger partial charge in [0.15, 0.2) is 0 Å². The lowest BCUT2D eigenvalue weighted by Crippen LogP contribution is -2.54. The summed E-state index contributed by atoms with van der Waals surface area (Å²) >= 11 is 0. The van der Waals surface area contributed by atoms with Crippen LogP contribution in [0.4, 0.5) is 11.4 Å². The second kappa shape index (κ2) is 25.7. The van der Waals surface area contributed by atoms with E-state index in [2.05, 4.69) is 44.5 Å². The maximum atomic E-state index is 13.5. The Morgan fingerprint density at radius 2 is 1.41 bits per heavy atom. The van der Waals surface area contributed by atoms with Gasteiger partial charge in [0.1, 0.15) is 6.04 Å². The Morgan fingerprint density at radius 3 is 2.16 bits per heavy atom. The van der Waals surface area contributed by atoms with Gasteiger partial charge in [-0.05, 0) is 77.7 Å². The molecular weight excluding hydrogens is 951 g/mol. The van der Waals surface area contributed by atoms with Crippen molar-refractivity contribution >= 4 is 74.4 Å². The van der Waals surface area contributed by atoms with Crippen molar-refractivity contribution in [3.05, 3.63) is 113 Å². The zero-order valence-corrected chi connectivity index (χ0v) is 41.0. The van der Waals surface area contributed by atoms with Gasteiger partial charge in [0.05, 0.1) is 81.1 Å². The zero-order chi connectivity index (χ0) is 51.8. The van der Waals surface area contributed by atoms with Crippen LogP contribution in [0.5, 0.6) is 0 Å². The fourth-order valence-corrected chi connectivity index (χ4v) is 9.04. The number of hydrogen-bond acceptors (Lipinski definition) is 15. The highest BCUT2D eigenvalue weighted by Gasteiger charge is 2.45. The van der Waals surface area contributed by atoms with Crippen molar-refractivity contribution in [2.45, 2.75) is 38.1 Å². The number of benzene rings is 4. The Balaban J connectivity index is 0.613. The van der Waals surface area contributed by atoms with Gasteiger partial charge in [-0.15, -0.1) is 0 Å². The molecule has 0 saturated carbocycles. The van der Waals surface area contributed by atoms with E-state index >= 15 is 0 Å². The highest BCUT2D eigenvalue weighted by Crippen LogP contribution is 2.32. The molecule has 0 spiro atoms. The highest BCUT2D eigenvalue weighted by molar-refractivity contribution is 6.25. The van der Waals surface area contributed by atoms with Crippen molar-refractivity contribution in [1.82, 2.24) is 30.3 Å². The molecule has 0 radical (unpaired) electrons. The summed E-state index contributed by atoms with van der Waals surface area (Å²) in [6.07, 6.45) is 2.97. The first kappa shape index (κ1) is 52.5. The van der Waals surface area contributed by atoms with Crippen molar-refractivity contribution in [1.29, 1.82) is 5.26 Å². The number of piperidine rings is 1. The third kappa shape index (κ3) is 13.4. The molecule has 2 saturated heterocycles. The van der Waals surface area contributed by atoms with E-state index in [0.717, 1.165) is 44.2 Å². The number of aromatic nitrogens is 1. The Morgan fingerprint density at radius 1 is 0.703 bits per heavy atom. The molecule has 4 N–H and O–H groups in total. The first-order valence-corrected chi connectivity index (χ1v) is 24.9. The van der Waals surface area contributed by atoms with Crippen molar-refractivity contribution < 1.29 is 52.5 Å². The minimum Gasteiger partial charge on any atom is -0.384 e. The zero-order valence-electron chi connectivity index (χ0n) is 41.0. The van der Waals surface area contributed by atoms with Gasteiger partial charge >= 0.3 is 0 Å². The molecule has 0 bridgehead atoms. The number of fused-ring (bicyclic) bond motifs is 3. The van der Waals surface area contributed by atoms with E-state index in [1.807, 2.05) is 42.5 Å². The third-order valence-electron chi connectivity index (χ3n) is 13.0. The summed E-state index contributed by atoms with van der Waals surface area (Å²) in [4.78, 5) is 97.7. The topological polar surface area (TPSA) is 251 Å². The van der Waals surface area contributed by atoms with Crippen LogP contribution in [-0.4, -0.2) is 166 Å². The summed E-state index contributed by atoms with van der Waals surface area (Å²) in [7, 11) is 0. The van der Waals surface area contributed by atoms with Crippen LogP contribution in [0.25, 0.3) is 21.7 Å². The molecule has 0 aliphatic carbocycles. The van der Waals surface area contributed by atoms with E-state index in [1.54, 1.807) is 34.2 Å². The predicted molar refractivity (Wildman–Crippen MR) is 272 cm³/mol. The minimum atomic E-state index is -1.03. The lowest BCUT2D eigenvalue weighted by atomic mass is 10.0. The molecule has 1 aromatic heterocycles. The molecular formula is C54H59N9O11. The number of nitrogens with one attached hydrogen (secondary N) is 4. The maximum Gasteiger partial charge on any atom is 0.264 e. The highest BCUT2D eigenvalue weighted by atomic mass is 16.6. The number of piperazine rings is 1. The van der Waals surface area contributed by atoms with Crippen LogP contribution >= 0.6 is 0 Å². The molecule has 386 valence electrons. The number of ether oxygens (including phenoxy) is 4. The summed E-state index contributed by atoms with van der Waals surface area (Å²) in [5, 5.41) is 23.8. The Labute approximate surface area is 427 Å². The average Bonchev–Trinajstić information content (AvgIpc) is 3.67.